The number of carbonyl (C=O) groups excluding carboxylic acids is 3. The lowest BCUT2D eigenvalue weighted by Gasteiger charge is -2.18. The average molecular weight is 499 g/mol. The van der Waals surface area contributed by atoms with Crippen LogP contribution in [0.15, 0.2) is 66.3 Å². The van der Waals surface area contributed by atoms with E-state index in [0.717, 1.165) is 5.57 Å². The second kappa shape index (κ2) is 9.44. The van der Waals surface area contributed by atoms with Gasteiger partial charge in [-0.25, -0.2) is 9.69 Å². The van der Waals surface area contributed by atoms with Crippen molar-refractivity contribution in [1.29, 1.82) is 0 Å². The van der Waals surface area contributed by atoms with Crippen LogP contribution in [0.2, 0.25) is 10.0 Å². The number of anilines is 1. The molecule has 0 aromatic heterocycles. The number of allylic oxidation sites excluding steroid dienone is 2. The number of hydrogen-bond acceptors (Lipinski definition) is 4. The maximum absolute atomic E-state index is 12.9. The van der Waals surface area contributed by atoms with Crippen LogP contribution in [0.5, 0.6) is 0 Å². The molecule has 0 spiro atoms. The number of fused-ring (bicyclic) bond motifs is 1. The number of carbonyl (C=O) groups is 4. The van der Waals surface area contributed by atoms with Crippen LogP contribution in [0.1, 0.15) is 22.8 Å². The molecule has 9 heteroatoms. The molecule has 2 aromatic carbocycles. The number of carboxylic acids is 1. The summed E-state index contributed by atoms with van der Waals surface area (Å²) in [5.41, 5.74) is 1.84. The predicted molar refractivity (Wildman–Crippen MR) is 128 cm³/mol. The largest absolute Gasteiger partial charge is 0.480 e. The zero-order valence-corrected chi connectivity index (χ0v) is 19.5. The highest BCUT2D eigenvalue weighted by atomic mass is 35.5. The number of hydrogen-bond donors (Lipinski definition) is 2. The summed E-state index contributed by atoms with van der Waals surface area (Å²) in [6.07, 6.45) is 5.32. The average Bonchev–Trinajstić information content (AvgIpc) is 3.05. The molecule has 34 heavy (non-hydrogen) atoms. The van der Waals surface area contributed by atoms with Crippen LogP contribution in [-0.2, 0) is 20.8 Å². The standard InChI is InChI=1S/C25H20Cl2N2O5/c1-13-4-2-5-16-20(13)24(32)29(23(16)31)15-10-8-14(9-11-15)12-19(25(33)34)28-22(30)21-17(26)6-3-7-18(21)27/h2-11,16,19-20H,12H2,1H3,(H,28,30)(H,33,34)/t16?,19-,20?/m0/s1. The summed E-state index contributed by atoms with van der Waals surface area (Å²) >= 11 is 12.1. The molecule has 3 amide bonds. The molecule has 174 valence electrons. The highest BCUT2D eigenvalue weighted by molar-refractivity contribution is 6.39. The van der Waals surface area contributed by atoms with Gasteiger partial charge in [-0.15, -0.1) is 0 Å². The minimum atomic E-state index is -1.25. The van der Waals surface area contributed by atoms with Gasteiger partial charge >= 0.3 is 5.97 Å². The van der Waals surface area contributed by atoms with E-state index in [-0.39, 0.29) is 33.8 Å². The number of aliphatic carboxylic acids is 1. The van der Waals surface area contributed by atoms with E-state index in [4.69, 9.17) is 23.2 Å². The summed E-state index contributed by atoms with van der Waals surface area (Å²) in [5.74, 6) is -3.52. The Bertz CT molecular complexity index is 1230. The Morgan fingerprint density at radius 2 is 1.71 bits per heavy atom. The molecule has 2 aromatic rings. The minimum absolute atomic E-state index is 0.00153. The third-order valence-electron chi connectivity index (χ3n) is 5.95. The number of carboxylic acid groups (broad SMARTS) is 1. The molecule has 1 saturated heterocycles. The van der Waals surface area contributed by atoms with E-state index in [0.29, 0.717) is 11.3 Å². The fourth-order valence-electron chi connectivity index (χ4n) is 4.21. The molecule has 0 bridgehead atoms. The summed E-state index contributed by atoms with van der Waals surface area (Å²) in [7, 11) is 0. The first-order valence-electron chi connectivity index (χ1n) is 10.5. The van der Waals surface area contributed by atoms with Crippen molar-refractivity contribution in [3.8, 4) is 0 Å². The molecule has 3 atom stereocenters. The van der Waals surface area contributed by atoms with Gasteiger partial charge in [0.25, 0.3) is 5.91 Å². The minimum Gasteiger partial charge on any atom is -0.480 e. The van der Waals surface area contributed by atoms with E-state index in [2.05, 4.69) is 5.32 Å². The Balaban J connectivity index is 1.50. The lowest BCUT2D eigenvalue weighted by Crippen LogP contribution is -2.42. The van der Waals surface area contributed by atoms with Crippen molar-refractivity contribution >= 4 is 52.6 Å². The van der Waals surface area contributed by atoms with Gasteiger partial charge in [-0.2, -0.15) is 0 Å². The van der Waals surface area contributed by atoms with Crippen LogP contribution in [-0.4, -0.2) is 34.8 Å². The molecule has 2 N–H and O–H groups in total. The van der Waals surface area contributed by atoms with Gasteiger partial charge in [-0.3, -0.25) is 14.4 Å². The van der Waals surface area contributed by atoms with E-state index in [1.807, 2.05) is 13.0 Å². The molecule has 0 radical (unpaired) electrons. The van der Waals surface area contributed by atoms with Gasteiger partial charge in [0.05, 0.1) is 33.1 Å². The van der Waals surface area contributed by atoms with Crippen LogP contribution >= 0.6 is 23.2 Å². The van der Waals surface area contributed by atoms with Gasteiger partial charge in [0.1, 0.15) is 6.04 Å². The summed E-state index contributed by atoms with van der Waals surface area (Å²) < 4.78 is 0. The first-order valence-corrected chi connectivity index (χ1v) is 11.2. The zero-order chi connectivity index (χ0) is 24.6. The number of nitrogens with one attached hydrogen (secondary N) is 1. The number of nitrogens with zero attached hydrogens (tertiary/aromatic N) is 1. The van der Waals surface area contributed by atoms with Crippen molar-refractivity contribution in [3.05, 3.63) is 87.4 Å². The number of halogens is 2. The molecule has 2 aliphatic rings. The summed E-state index contributed by atoms with van der Waals surface area (Å²) in [5, 5.41) is 12.3. The third kappa shape index (κ3) is 4.36. The van der Waals surface area contributed by atoms with Gasteiger partial charge in [0, 0.05) is 6.42 Å². The maximum atomic E-state index is 12.9. The van der Waals surface area contributed by atoms with Crippen LogP contribution in [0.4, 0.5) is 5.69 Å². The van der Waals surface area contributed by atoms with E-state index in [9.17, 15) is 24.3 Å². The second-order valence-corrected chi connectivity index (χ2v) is 8.96. The third-order valence-corrected chi connectivity index (χ3v) is 6.58. The fraction of sp³-hybridized carbons (Fsp3) is 0.200. The van der Waals surface area contributed by atoms with E-state index in [1.54, 1.807) is 42.5 Å². The zero-order valence-electron chi connectivity index (χ0n) is 18.0. The normalized spacial score (nSPS) is 20.1. The molecular formula is C25H20Cl2N2O5. The molecule has 7 nitrogen and oxygen atoms in total. The molecule has 1 aliphatic carbocycles. The van der Waals surface area contributed by atoms with Crippen molar-refractivity contribution < 1.29 is 24.3 Å². The van der Waals surface area contributed by atoms with Crippen molar-refractivity contribution in [2.24, 2.45) is 11.8 Å². The lowest BCUT2D eigenvalue weighted by molar-refractivity contribution is -0.139. The van der Waals surface area contributed by atoms with Gasteiger partial charge < -0.3 is 10.4 Å². The molecular weight excluding hydrogens is 479 g/mol. The molecule has 1 aliphatic heterocycles. The summed E-state index contributed by atoms with van der Waals surface area (Å²) in [4.78, 5) is 51.3. The van der Waals surface area contributed by atoms with Gasteiger partial charge in [0.15, 0.2) is 0 Å². The van der Waals surface area contributed by atoms with Crippen LogP contribution in [0, 0.1) is 11.8 Å². The monoisotopic (exact) mass is 498 g/mol. The van der Waals surface area contributed by atoms with Crippen LogP contribution < -0.4 is 10.2 Å². The quantitative estimate of drug-likeness (QED) is 0.584. The number of imide groups is 1. The smallest absolute Gasteiger partial charge is 0.326 e. The van der Waals surface area contributed by atoms with E-state index >= 15 is 0 Å². The molecule has 2 unspecified atom stereocenters. The maximum Gasteiger partial charge on any atom is 0.326 e. The van der Waals surface area contributed by atoms with E-state index in [1.165, 1.54) is 17.0 Å². The first-order chi connectivity index (χ1) is 16.2. The van der Waals surface area contributed by atoms with Crippen LogP contribution in [0.25, 0.3) is 0 Å². The van der Waals surface area contributed by atoms with Crippen molar-refractivity contribution in [2.75, 3.05) is 4.90 Å². The Morgan fingerprint density at radius 1 is 1.06 bits per heavy atom. The van der Waals surface area contributed by atoms with Gasteiger partial charge in [-0.05, 0) is 36.8 Å². The Morgan fingerprint density at radius 3 is 2.29 bits per heavy atom. The Labute approximate surface area is 205 Å². The summed E-state index contributed by atoms with van der Waals surface area (Å²) in [6, 6.07) is 9.75. The molecule has 1 heterocycles. The SMILES string of the molecule is CC1=CC=CC2C(=O)N(c3ccc(C[C@H](NC(=O)c4c(Cl)cccc4Cl)C(=O)O)cc3)C(=O)C12. The first kappa shape index (κ1) is 23.7. The number of amides is 3. The number of rotatable bonds is 6. The van der Waals surface area contributed by atoms with Crippen LogP contribution in [0.3, 0.4) is 0 Å². The van der Waals surface area contributed by atoms with Crippen molar-refractivity contribution in [1.82, 2.24) is 5.32 Å². The Hall–Kier alpha value is -3.42. The van der Waals surface area contributed by atoms with Crippen molar-refractivity contribution in [3.63, 3.8) is 0 Å². The fourth-order valence-corrected chi connectivity index (χ4v) is 4.78. The summed E-state index contributed by atoms with van der Waals surface area (Å²) in [6.45, 7) is 1.83. The molecule has 1 fully saturated rings. The molecule has 4 rings (SSSR count). The predicted octanol–water partition coefficient (Wildman–Crippen LogP) is 4.04. The Kier molecular flexibility index (Phi) is 6.59. The van der Waals surface area contributed by atoms with Crippen molar-refractivity contribution in [2.45, 2.75) is 19.4 Å². The highest BCUT2D eigenvalue weighted by Gasteiger charge is 2.48. The second-order valence-electron chi connectivity index (χ2n) is 8.14. The van der Waals surface area contributed by atoms with Gasteiger partial charge in [-0.1, -0.05) is 65.2 Å². The topological polar surface area (TPSA) is 104 Å². The van der Waals surface area contributed by atoms with Gasteiger partial charge in [0.2, 0.25) is 11.8 Å². The number of benzene rings is 2. The lowest BCUT2D eigenvalue weighted by atomic mass is 9.85. The van der Waals surface area contributed by atoms with E-state index < -0.39 is 29.8 Å². The highest BCUT2D eigenvalue weighted by Crippen LogP contribution is 2.38. The molecule has 0 saturated carbocycles.